The Morgan fingerprint density at radius 3 is 1.93 bits per heavy atom. The van der Waals surface area contributed by atoms with Crippen molar-refractivity contribution in [1.82, 2.24) is 9.36 Å². The van der Waals surface area contributed by atoms with Gasteiger partial charge in [0.2, 0.25) is 0 Å². The van der Waals surface area contributed by atoms with Gasteiger partial charge in [-0.1, -0.05) is 78.9 Å². The number of benzene rings is 7. The quantitative estimate of drug-likeness (QED) is 0.181. The topological polar surface area (TPSA) is 29.0 Å². The third-order valence-electron chi connectivity index (χ3n) is 8.40. The van der Waals surface area contributed by atoms with E-state index in [1.807, 2.05) is 11.3 Å². The van der Waals surface area contributed by atoms with Crippen molar-refractivity contribution in [1.29, 1.82) is 0 Å². The zero-order valence-electron chi connectivity index (χ0n) is 24.1. The Labute approximate surface area is 268 Å². The van der Waals surface area contributed by atoms with Crippen molar-refractivity contribution in [3.8, 4) is 22.0 Å². The van der Waals surface area contributed by atoms with Gasteiger partial charge in [0.1, 0.15) is 5.01 Å². The van der Waals surface area contributed by atoms with Crippen LogP contribution in [0.3, 0.4) is 0 Å². The van der Waals surface area contributed by atoms with E-state index in [1.54, 1.807) is 0 Å². The predicted molar refractivity (Wildman–Crippen MR) is 193 cm³/mol. The summed E-state index contributed by atoms with van der Waals surface area (Å²) < 4.78 is 7.35. The van der Waals surface area contributed by atoms with Crippen molar-refractivity contribution in [3.63, 3.8) is 0 Å². The molecule has 0 aliphatic carbocycles. The van der Waals surface area contributed by atoms with Crippen molar-refractivity contribution >= 4 is 81.6 Å². The molecule has 5 heteroatoms. The molecule has 7 aromatic carbocycles. The molecule has 0 aliphatic rings. The van der Waals surface area contributed by atoms with E-state index in [2.05, 4.69) is 157 Å². The van der Waals surface area contributed by atoms with Gasteiger partial charge in [0.15, 0.2) is 5.82 Å². The number of aromatic nitrogens is 2. The first-order valence-electron chi connectivity index (χ1n) is 14.9. The third kappa shape index (κ3) is 4.65. The van der Waals surface area contributed by atoms with Crippen LogP contribution in [-0.2, 0) is 0 Å². The van der Waals surface area contributed by atoms with Crippen LogP contribution in [0.4, 0.5) is 17.1 Å². The normalized spacial score (nSPS) is 11.6. The molecule has 2 heterocycles. The summed E-state index contributed by atoms with van der Waals surface area (Å²) >= 11 is 3.29. The Hall–Kier alpha value is -5.36. The number of fused-ring (bicyclic) bond motifs is 5. The largest absolute Gasteiger partial charge is 0.310 e. The fourth-order valence-electron chi connectivity index (χ4n) is 6.17. The molecule has 2 aromatic heterocycles. The van der Waals surface area contributed by atoms with Gasteiger partial charge in [-0.25, -0.2) is 4.98 Å². The smallest absolute Gasteiger partial charge is 0.173 e. The van der Waals surface area contributed by atoms with Crippen molar-refractivity contribution < 1.29 is 0 Å². The van der Waals surface area contributed by atoms with Crippen molar-refractivity contribution in [2.45, 2.75) is 0 Å². The lowest BCUT2D eigenvalue weighted by atomic mass is 10.0. The number of hydrogen-bond donors (Lipinski definition) is 0. The fourth-order valence-corrected chi connectivity index (χ4v) is 7.99. The zero-order valence-corrected chi connectivity index (χ0v) is 25.7. The summed E-state index contributed by atoms with van der Waals surface area (Å²) in [5, 5.41) is 8.47. The molecule has 0 spiro atoms. The first kappa shape index (κ1) is 26.1. The van der Waals surface area contributed by atoms with Gasteiger partial charge in [-0.15, -0.1) is 11.3 Å². The highest BCUT2D eigenvalue weighted by atomic mass is 32.1. The maximum Gasteiger partial charge on any atom is 0.173 e. The lowest BCUT2D eigenvalue weighted by Gasteiger charge is -2.25. The van der Waals surface area contributed by atoms with E-state index >= 15 is 0 Å². The van der Waals surface area contributed by atoms with Crippen LogP contribution in [0.15, 0.2) is 152 Å². The monoisotopic (exact) mass is 611 g/mol. The summed E-state index contributed by atoms with van der Waals surface area (Å²) in [6.07, 6.45) is 0. The number of hydrogen-bond acceptors (Lipinski definition) is 5. The summed E-state index contributed by atoms with van der Waals surface area (Å²) in [5.74, 6) is 0.748. The van der Waals surface area contributed by atoms with E-state index in [-0.39, 0.29) is 0 Å². The van der Waals surface area contributed by atoms with E-state index in [1.165, 1.54) is 53.2 Å². The molecule has 0 aliphatic heterocycles. The Kier molecular flexibility index (Phi) is 6.18. The first-order chi connectivity index (χ1) is 22.3. The van der Waals surface area contributed by atoms with Gasteiger partial charge in [0.05, 0.1) is 0 Å². The van der Waals surface area contributed by atoms with Gasteiger partial charge < -0.3 is 4.90 Å². The minimum absolute atomic E-state index is 0.748. The Bertz CT molecular complexity index is 2490. The predicted octanol–water partition coefficient (Wildman–Crippen LogP) is 12.0. The highest BCUT2D eigenvalue weighted by Crippen LogP contribution is 2.41. The summed E-state index contributed by atoms with van der Waals surface area (Å²) in [7, 11) is 0. The van der Waals surface area contributed by atoms with Gasteiger partial charge in [0, 0.05) is 48.4 Å². The van der Waals surface area contributed by atoms with Crippen LogP contribution in [0, 0.1) is 0 Å². The fraction of sp³-hybridized carbons (Fsp3) is 0. The maximum atomic E-state index is 4.96. The molecule has 9 aromatic rings. The summed E-state index contributed by atoms with van der Waals surface area (Å²) in [6.45, 7) is 0. The second kappa shape index (κ2) is 10.7. The molecule has 3 nitrogen and oxygen atoms in total. The summed E-state index contributed by atoms with van der Waals surface area (Å²) in [4.78, 5) is 7.27. The van der Waals surface area contributed by atoms with Gasteiger partial charge in [0.25, 0.3) is 0 Å². The number of nitrogens with zero attached hydrogens (tertiary/aromatic N) is 3. The molecule has 0 bridgehead atoms. The Morgan fingerprint density at radius 2 is 1.09 bits per heavy atom. The van der Waals surface area contributed by atoms with Crippen molar-refractivity contribution in [2.24, 2.45) is 0 Å². The van der Waals surface area contributed by atoms with Gasteiger partial charge in [-0.3, -0.25) is 0 Å². The standard InChI is InChI=1S/C40H25N3S2/c1-2-10-32(11-3-1)43(34-20-21-36-35-12-6-7-13-37(35)44-38(36)25-34)33-18-16-26(17-19-33)39-41-40(45-42-39)30-15-14-29-22-27-8-4-5-9-28(27)23-31(29)24-30/h1-25H. The highest BCUT2D eigenvalue weighted by molar-refractivity contribution is 7.25. The minimum Gasteiger partial charge on any atom is -0.310 e. The van der Waals surface area contributed by atoms with Crippen molar-refractivity contribution in [3.05, 3.63) is 152 Å². The Balaban J connectivity index is 1.06. The molecule has 0 saturated heterocycles. The summed E-state index contributed by atoms with van der Waals surface area (Å²) in [6, 6.07) is 54.1. The van der Waals surface area contributed by atoms with Crippen LogP contribution in [0.2, 0.25) is 0 Å². The van der Waals surface area contributed by atoms with Gasteiger partial charge >= 0.3 is 0 Å². The molecule has 0 saturated carbocycles. The van der Waals surface area contributed by atoms with Crippen LogP contribution in [0.5, 0.6) is 0 Å². The van der Waals surface area contributed by atoms with E-state index in [4.69, 9.17) is 9.36 Å². The van der Waals surface area contributed by atoms with E-state index in [0.717, 1.165) is 39.0 Å². The average Bonchev–Trinajstić information content (AvgIpc) is 3.73. The molecule has 0 N–H and O–H groups in total. The first-order valence-corrected chi connectivity index (χ1v) is 16.5. The number of rotatable bonds is 5. The van der Waals surface area contributed by atoms with Crippen molar-refractivity contribution in [2.75, 3.05) is 4.90 Å². The SMILES string of the molecule is c1ccc(N(c2ccc(-c3nsc(-c4ccc5cc6ccccc6cc5c4)n3)cc2)c2ccc3c(c2)sc2ccccc23)cc1. The maximum absolute atomic E-state index is 4.96. The number of thiophene rings is 1. The number of anilines is 3. The van der Waals surface area contributed by atoms with Gasteiger partial charge in [-0.2, -0.15) is 4.37 Å². The molecule has 0 unspecified atom stereocenters. The molecule has 0 fully saturated rings. The van der Waals surface area contributed by atoms with Crippen LogP contribution in [-0.4, -0.2) is 9.36 Å². The second-order valence-corrected chi connectivity index (χ2v) is 13.0. The highest BCUT2D eigenvalue weighted by Gasteiger charge is 2.16. The van der Waals surface area contributed by atoms with E-state index in [0.29, 0.717) is 0 Å². The molecule has 0 radical (unpaired) electrons. The van der Waals surface area contributed by atoms with Crippen LogP contribution >= 0.6 is 22.9 Å². The van der Waals surface area contributed by atoms with Crippen LogP contribution in [0.25, 0.3) is 63.7 Å². The second-order valence-electron chi connectivity index (χ2n) is 11.2. The molecule has 0 amide bonds. The molecular formula is C40H25N3S2. The van der Waals surface area contributed by atoms with E-state index < -0.39 is 0 Å². The van der Waals surface area contributed by atoms with E-state index in [9.17, 15) is 0 Å². The molecule has 45 heavy (non-hydrogen) atoms. The number of para-hydroxylation sites is 1. The molecule has 212 valence electrons. The van der Waals surface area contributed by atoms with Crippen LogP contribution < -0.4 is 4.90 Å². The van der Waals surface area contributed by atoms with Gasteiger partial charge in [-0.05, 0) is 106 Å². The minimum atomic E-state index is 0.748. The lowest BCUT2D eigenvalue weighted by Crippen LogP contribution is -2.09. The Morgan fingerprint density at radius 1 is 0.444 bits per heavy atom. The van der Waals surface area contributed by atoms with Crippen LogP contribution in [0.1, 0.15) is 0 Å². The molecule has 0 atom stereocenters. The third-order valence-corrected chi connectivity index (χ3v) is 10.3. The molecular weight excluding hydrogens is 587 g/mol. The summed E-state index contributed by atoms with van der Waals surface area (Å²) in [5.41, 5.74) is 5.42. The average molecular weight is 612 g/mol. The lowest BCUT2D eigenvalue weighted by molar-refractivity contribution is 1.28. The zero-order chi connectivity index (χ0) is 29.7. The molecule has 9 rings (SSSR count).